The number of rotatable bonds is 7. The van der Waals surface area contributed by atoms with Crippen molar-refractivity contribution in [1.82, 2.24) is 14.9 Å². The Hall–Kier alpha value is -3.42. The number of nitrogens with zero attached hydrogens (tertiary/aromatic N) is 5. The van der Waals surface area contributed by atoms with Crippen LogP contribution in [0.5, 0.6) is 5.75 Å². The van der Waals surface area contributed by atoms with Gasteiger partial charge < -0.3 is 20.1 Å². The molecule has 0 radical (unpaired) electrons. The van der Waals surface area contributed by atoms with Gasteiger partial charge in [0.2, 0.25) is 0 Å². The fraction of sp³-hybridized carbons (Fsp3) is 0.333. The Balaban J connectivity index is 1.32. The standard InChI is InChI=1S/C27H27Cl2N7O2/c1-27(36-4-6-37-7-5-36)15-35(16-27)26-17(10-30)8-18(11-34-26)25(32)20-9-19(2-3-24(20)31)38-14-21-22(28)12-33-13-23(21)29/h2-3,8-9,11-13,32H,4-7,14-16,31H2,1H3. The average Bonchev–Trinajstić information content (AvgIpc) is 2.91. The third kappa shape index (κ3) is 5.13. The summed E-state index contributed by atoms with van der Waals surface area (Å²) in [7, 11) is 0. The molecule has 9 nitrogen and oxygen atoms in total. The van der Waals surface area contributed by atoms with Crippen molar-refractivity contribution in [2.24, 2.45) is 0 Å². The van der Waals surface area contributed by atoms with Gasteiger partial charge >= 0.3 is 0 Å². The Bertz CT molecular complexity index is 1390. The third-order valence-corrected chi connectivity index (χ3v) is 7.69. The topological polar surface area (TPSA) is 124 Å². The molecule has 0 saturated carbocycles. The van der Waals surface area contributed by atoms with Gasteiger partial charge in [0.1, 0.15) is 24.2 Å². The maximum absolute atomic E-state index is 9.88. The second kappa shape index (κ2) is 10.8. The summed E-state index contributed by atoms with van der Waals surface area (Å²) in [5.74, 6) is 1.13. The lowest BCUT2D eigenvalue weighted by Gasteiger charge is -2.55. The van der Waals surface area contributed by atoms with Crippen molar-refractivity contribution in [3.63, 3.8) is 0 Å². The number of nitrogen functional groups attached to an aromatic ring is 1. The van der Waals surface area contributed by atoms with Gasteiger partial charge in [-0.1, -0.05) is 23.2 Å². The summed E-state index contributed by atoms with van der Waals surface area (Å²) in [4.78, 5) is 13.1. The smallest absolute Gasteiger partial charge is 0.146 e. The van der Waals surface area contributed by atoms with E-state index in [0.29, 0.717) is 49.6 Å². The maximum Gasteiger partial charge on any atom is 0.146 e. The number of morpholine rings is 1. The molecule has 38 heavy (non-hydrogen) atoms. The summed E-state index contributed by atoms with van der Waals surface area (Å²) in [5.41, 5.74) is 8.79. The van der Waals surface area contributed by atoms with Crippen LogP contribution in [0.3, 0.4) is 0 Å². The molecule has 2 saturated heterocycles. The first-order chi connectivity index (χ1) is 18.3. The van der Waals surface area contributed by atoms with Crippen LogP contribution in [-0.4, -0.2) is 65.5 Å². The lowest BCUT2D eigenvalue weighted by molar-refractivity contribution is -0.0266. The van der Waals surface area contributed by atoms with Gasteiger partial charge in [-0.2, -0.15) is 5.26 Å². The summed E-state index contributed by atoms with van der Waals surface area (Å²) in [6.45, 7) is 7.23. The molecule has 2 aliphatic heterocycles. The number of nitrogens with one attached hydrogen (secondary N) is 1. The number of pyridine rings is 2. The summed E-state index contributed by atoms with van der Waals surface area (Å²) < 4.78 is 11.4. The first-order valence-corrected chi connectivity index (χ1v) is 12.9. The third-order valence-electron chi connectivity index (χ3n) is 7.04. The van der Waals surface area contributed by atoms with Crippen LogP contribution in [0.1, 0.15) is 29.2 Å². The Labute approximate surface area is 231 Å². The van der Waals surface area contributed by atoms with E-state index in [2.05, 4.69) is 32.8 Å². The van der Waals surface area contributed by atoms with Crippen LogP contribution in [0.25, 0.3) is 0 Å². The number of aromatic nitrogens is 2. The van der Waals surface area contributed by atoms with Gasteiger partial charge in [0.15, 0.2) is 0 Å². The van der Waals surface area contributed by atoms with Gasteiger partial charge in [-0.25, -0.2) is 4.98 Å². The second-order valence-corrected chi connectivity index (χ2v) is 10.5. The van der Waals surface area contributed by atoms with E-state index in [-0.39, 0.29) is 17.9 Å². The maximum atomic E-state index is 9.88. The van der Waals surface area contributed by atoms with Gasteiger partial charge in [-0.3, -0.25) is 15.3 Å². The van der Waals surface area contributed by atoms with E-state index >= 15 is 0 Å². The number of nitriles is 1. The van der Waals surface area contributed by atoms with Crippen molar-refractivity contribution in [3.8, 4) is 11.8 Å². The Morgan fingerprint density at radius 3 is 2.58 bits per heavy atom. The highest BCUT2D eigenvalue weighted by Crippen LogP contribution is 2.34. The van der Waals surface area contributed by atoms with Crippen LogP contribution < -0.4 is 15.4 Å². The minimum absolute atomic E-state index is 0.0309. The number of nitrogens with two attached hydrogens (primary N) is 1. The van der Waals surface area contributed by atoms with E-state index < -0.39 is 0 Å². The largest absolute Gasteiger partial charge is 0.489 e. The van der Waals surface area contributed by atoms with Gasteiger partial charge in [-0.15, -0.1) is 0 Å². The molecule has 0 unspecified atom stereocenters. The van der Waals surface area contributed by atoms with E-state index in [1.165, 1.54) is 12.4 Å². The molecule has 5 rings (SSSR count). The van der Waals surface area contributed by atoms with Crippen LogP contribution in [0.2, 0.25) is 10.0 Å². The summed E-state index contributed by atoms with van der Waals surface area (Å²) in [5, 5.41) is 19.5. The number of halogens is 2. The van der Waals surface area contributed by atoms with Crippen molar-refractivity contribution in [1.29, 1.82) is 10.7 Å². The second-order valence-electron chi connectivity index (χ2n) is 9.65. The van der Waals surface area contributed by atoms with Crippen molar-refractivity contribution in [2.75, 3.05) is 50.0 Å². The number of ether oxygens (including phenoxy) is 2. The Morgan fingerprint density at radius 2 is 1.89 bits per heavy atom. The monoisotopic (exact) mass is 551 g/mol. The van der Waals surface area contributed by atoms with Gasteiger partial charge in [-0.05, 0) is 31.2 Å². The minimum Gasteiger partial charge on any atom is -0.489 e. The summed E-state index contributed by atoms with van der Waals surface area (Å²) >= 11 is 12.4. The quantitative estimate of drug-likeness (QED) is 0.331. The molecule has 0 spiro atoms. The molecular formula is C27H27Cl2N7O2. The normalized spacial score (nSPS) is 16.9. The highest BCUT2D eigenvalue weighted by molar-refractivity contribution is 6.35. The van der Waals surface area contributed by atoms with Gasteiger partial charge in [0.05, 0.1) is 40.1 Å². The van der Waals surface area contributed by atoms with Crippen molar-refractivity contribution in [2.45, 2.75) is 19.1 Å². The van der Waals surface area contributed by atoms with E-state index in [4.69, 9.17) is 43.8 Å². The number of benzene rings is 1. The highest BCUT2D eigenvalue weighted by Gasteiger charge is 2.45. The highest BCUT2D eigenvalue weighted by atomic mass is 35.5. The van der Waals surface area contributed by atoms with Gasteiger partial charge in [0.25, 0.3) is 0 Å². The van der Waals surface area contributed by atoms with Crippen LogP contribution in [0.15, 0.2) is 42.9 Å². The molecule has 3 aromatic rings. The van der Waals surface area contributed by atoms with E-state index in [0.717, 1.165) is 39.4 Å². The molecule has 4 heterocycles. The molecule has 0 aliphatic carbocycles. The Morgan fingerprint density at radius 1 is 1.18 bits per heavy atom. The van der Waals surface area contributed by atoms with Gasteiger partial charge in [0, 0.05) is 67.1 Å². The van der Waals surface area contributed by atoms with Crippen LogP contribution in [0, 0.1) is 16.7 Å². The molecule has 2 aromatic heterocycles. The summed E-state index contributed by atoms with van der Waals surface area (Å²) in [6.07, 6.45) is 4.62. The molecule has 1 aromatic carbocycles. The molecule has 3 N–H and O–H groups in total. The molecular weight excluding hydrogens is 525 g/mol. The Kier molecular flexibility index (Phi) is 7.41. The fourth-order valence-electron chi connectivity index (χ4n) is 4.89. The lowest BCUT2D eigenvalue weighted by Crippen LogP contribution is -2.70. The van der Waals surface area contributed by atoms with Crippen LogP contribution in [0.4, 0.5) is 11.5 Å². The zero-order valence-corrected chi connectivity index (χ0v) is 22.4. The first kappa shape index (κ1) is 26.2. The minimum atomic E-state index is 0.0309. The molecule has 0 atom stereocenters. The lowest BCUT2D eigenvalue weighted by atomic mass is 9.89. The number of hydrogen-bond donors (Lipinski definition) is 2. The molecule has 2 fully saturated rings. The number of anilines is 2. The average molecular weight is 552 g/mol. The van der Waals surface area contributed by atoms with Crippen molar-refractivity contribution >= 4 is 40.4 Å². The van der Waals surface area contributed by atoms with Crippen molar-refractivity contribution in [3.05, 3.63) is 75.2 Å². The zero-order valence-electron chi connectivity index (χ0n) is 20.9. The fourth-order valence-corrected chi connectivity index (χ4v) is 5.36. The molecule has 0 bridgehead atoms. The van der Waals surface area contributed by atoms with E-state index in [9.17, 15) is 5.26 Å². The molecule has 0 amide bonds. The van der Waals surface area contributed by atoms with Crippen molar-refractivity contribution < 1.29 is 9.47 Å². The predicted octanol–water partition coefficient (Wildman–Crippen LogP) is 4.14. The number of hydrogen-bond acceptors (Lipinski definition) is 9. The zero-order chi connectivity index (χ0) is 26.9. The van der Waals surface area contributed by atoms with Crippen LogP contribution in [-0.2, 0) is 11.3 Å². The molecule has 11 heteroatoms. The molecule has 2 aliphatic rings. The molecule has 196 valence electrons. The predicted molar refractivity (Wildman–Crippen MR) is 147 cm³/mol. The van der Waals surface area contributed by atoms with E-state index in [1.807, 2.05) is 0 Å². The first-order valence-electron chi connectivity index (χ1n) is 12.2. The SMILES string of the molecule is CC1(N2CCOCC2)CN(c2ncc(C(=N)c3cc(OCc4c(Cl)cncc4Cl)ccc3N)cc2C#N)C1. The van der Waals surface area contributed by atoms with E-state index in [1.54, 1.807) is 30.5 Å². The summed E-state index contributed by atoms with van der Waals surface area (Å²) in [6, 6.07) is 9.02. The van der Waals surface area contributed by atoms with Crippen LogP contribution >= 0.6 is 23.2 Å².